The molecule has 0 aliphatic rings. The lowest BCUT2D eigenvalue weighted by Crippen LogP contribution is -2.46. The predicted octanol–water partition coefficient (Wildman–Crippen LogP) is 4.28. The molecule has 14 heteroatoms. The summed E-state index contributed by atoms with van der Waals surface area (Å²) in [4.78, 5) is 69.2. The highest BCUT2D eigenvalue weighted by Gasteiger charge is 2.26. The lowest BCUT2D eigenvalue weighted by molar-refractivity contribution is -0.139. The van der Waals surface area contributed by atoms with Crippen LogP contribution < -0.4 is 39.5 Å². The van der Waals surface area contributed by atoms with Crippen LogP contribution >= 0.6 is 0 Å². The van der Waals surface area contributed by atoms with E-state index >= 15 is 0 Å². The number of likely N-dealkylation sites (N-methyl/N-ethyl adjacent to an activating group) is 2. The van der Waals surface area contributed by atoms with E-state index in [0.29, 0.717) is 34.1 Å². The summed E-state index contributed by atoms with van der Waals surface area (Å²) in [6.45, 7) is -1.34. The van der Waals surface area contributed by atoms with Crippen LogP contribution in [0.2, 0.25) is 0 Å². The minimum absolute atomic E-state index is 0.0189. The molecule has 0 aliphatic heterocycles. The molecule has 0 unspecified atom stereocenters. The van der Waals surface area contributed by atoms with Gasteiger partial charge >= 0.3 is 12.0 Å². The largest absolute Gasteiger partial charge is 0.497 e. The Morgan fingerprint density at radius 1 is 0.673 bits per heavy atom. The number of benzene rings is 4. The van der Waals surface area contributed by atoms with Gasteiger partial charge in [0.2, 0.25) is 11.8 Å². The number of anilines is 4. The molecule has 0 saturated carbocycles. The van der Waals surface area contributed by atoms with Crippen molar-refractivity contribution in [2.45, 2.75) is 6.42 Å². The van der Waals surface area contributed by atoms with E-state index in [0.717, 1.165) is 0 Å². The van der Waals surface area contributed by atoms with E-state index in [1.54, 1.807) is 105 Å². The summed E-state index contributed by atoms with van der Waals surface area (Å²) in [7, 11) is 7.44. The van der Waals surface area contributed by atoms with Gasteiger partial charge in [0, 0.05) is 31.5 Å². The van der Waals surface area contributed by atoms with Crippen LogP contribution in [0, 0.1) is 0 Å². The number of hydrogen-bond acceptors (Lipinski definition) is 9. The van der Waals surface area contributed by atoms with Gasteiger partial charge in [-0.2, -0.15) is 0 Å². The number of amides is 5. The molecule has 2 N–H and O–H groups in total. The van der Waals surface area contributed by atoms with E-state index in [1.165, 1.54) is 36.0 Å². The number of urea groups is 1. The van der Waals surface area contributed by atoms with Crippen molar-refractivity contribution in [3.8, 4) is 17.2 Å². The minimum atomic E-state index is -0.692. The van der Waals surface area contributed by atoms with Crippen LogP contribution in [0.3, 0.4) is 0 Å². The number of nitrogens with zero attached hydrogens (tertiary/aromatic N) is 3. The molecule has 4 aromatic rings. The number of rotatable bonds is 15. The smallest absolute Gasteiger partial charge is 0.319 e. The zero-order valence-corrected chi connectivity index (χ0v) is 29.6. The molecule has 0 heterocycles. The fourth-order valence-corrected chi connectivity index (χ4v) is 5.00. The van der Waals surface area contributed by atoms with Crippen molar-refractivity contribution in [2.24, 2.45) is 0 Å². The number of esters is 1. The van der Waals surface area contributed by atoms with Crippen LogP contribution in [0.15, 0.2) is 97.1 Å². The first-order valence-corrected chi connectivity index (χ1v) is 16.1. The number of hydrogen-bond donors (Lipinski definition) is 2. The Bertz CT molecular complexity index is 1890. The minimum Gasteiger partial charge on any atom is -0.497 e. The van der Waals surface area contributed by atoms with Crippen molar-refractivity contribution >= 4 is 52.5 Å². The van der Waals surface area contributed by atoms with Gasteiger partial charge in [-0.3, -0.25) is 24.1 Å². The lowest BCUT2D eigenvalue weighted by Gasteiger charge is -2.27. The van der Waals surface area contributed by atoms with Gasteiger partial charge < -0.3 is 39.4 Å². The summed E-state index contributed by atoms with van der Waals surface area (Å²) in [5.74, 6) is -0.814. The van der Waals surface area contributed by atoms with E-state index in [9.17, 15) is 24.0 Å². The SMILES string of the molecule is COC(=O)Cc1cccc(NC(=O)NCC(=O)N(CC(=O)N(C)c2ccccc2)c2ccccc2OCC(=O)N(C)c2cc(OC)ccc2OC)c1. The summed E-state index contributed by atoms with van der Waals surface area (Å²) in [6, 6.07) is 26.3. The third kappa shape index (κ3) is 10.2. The summed E-state index contributed by atoms with van der Waals surface area (Å²) >= 11 is 0. The molecule has 0 saturated heterocycles. The van der Waals surface area contributed by atoms with E-state index < -0.39 is 49.4 Å². The molecule has 0 aliphatic carbocycles. The average Bonchev–Trinajstić information content (AvgIpc) is 3.17. The highest BCUT2D eigenvalue weighted by atomic mass is 16.5. The number of nitrogens with one attached hydrogen (secondary N) is 2. The van der Waals surface area contributed by atoms with Crippen LogP contribution in [0.25, 0.3) is 0 Å². The van der Waals surface area contributed by atoms with Crippen molar-refractivity contribution < 1.29 is 42.9 Å². The van der Waals surface area contributed by atoms with Gasteiger partial charge in [0.1, 0.15) is 23.8 Å². The van der Waals surface area contributed by atoms with Gasteiger partial charge in [0.25, 0.3) is 5.91 Å². The Labute approximate surface area is 301 Å². The molecule has 4 aromatic carbocycles. The second kappa shape index (κ2) is 18.4. The van der Waals surface area contributed by atoms with Gasteiger partial charge in [0.15, 0.2) is 6.61 Å². The van der Waals surface area contributed by atoms with E-state index in [4.69, 9.17) is 18.9 Å². The predicted molar refractivity (Wildman–Crippen MR) is 196 cm³/mol. The summed E-state index contributed by atoms with van der Waals surface area (Å²) in [5, 5.41) is 5.17. The molecule has 4 rings (SSSR count). The topological polar surface area (TPSA) is 156 Å². The van der Waals surface area contributed by atoms with Crippen LogP contribution in [-0.2, 0) is 30.3 Å². The molecule has 0 radical (unpaired) electrons. The number of carbonyl (C=O) groups excluding carboxylic acids is 5. The third-order valence-electron chi connectivity index (χ3n) is 7.90. The van der Waals surface area contributed by atoms with Gasteiger partial charge in [-0.05, 0) is 54.1 Å². The fourth-order valence-electron chi connectivity index (χ4n) is 5.00. The molecule has 0 aromatic heterocycles. The van der Waals surface area contributed by atoms with Gasteiger partial charge in [-0.25, -0.2) is 4.79 Å². The molecule has 0 atom stereocenters. The Hall–Kier alpha value is -6.57. The zero-order chi connectivity index (χ0) is 37.6. The molecule has 0 spiro atoms. The van der Waals surface area contributed by atoms with E-state index in [-0.39, 0.29) is 17.9 Å². The van der Waals surface area contributed by atoms with Gasteiger partial charge in [-0.1, -0.05) is 42.5 Å². The first-order chi connectivity index (χ1) is 25.0. The summed E-state index contributed by atoms with van der Waals surface area (Å²) in [5.41, 5.74) is 2.28. The average molecular weight is 712 g/mol. The quantitative estimate of drug-likeness (QED) is 0.172. The Kier molecular flexibility index (Phi) is 13.6. The van der Waals surface area contributed by atoms with Crippen molar-refractivity contribution in [2.75, 3.05) is 75.1 Å². The Morgan fingerprint density at radius 3 is 2.12 bits per heavy atom. The molecule has 272 valence electrons. The second-order valence-corrected chi connectivity index (χ2v) is 11.3. The van der Waals surface area contributed by atoms with Crippen LogP contribution in [0.5, 0.6) is 17.2 Å². The third-order valence-corrected chi connectivity index (χ3v) is 7.90. The van der Waals surface area contributed by atoms with Gasteiger partial charge in [-0.15, -0.1) is 0 Å². The highest BCUT2D eigenvalue weighted by molar-refractivity contribution is 6.06. The van der Waals surface area contributed by atoms with Crippen molar-refractivity contribution in [1.82, 2.24) is 5.32 Å². The van der Waals surface area contributed by atoms with Crippen LogP contribution in [0.4, 0.5) is 27.5 Å². The van der Waals surface area contributed by atoms with E-state index in [2.05, 4.69) is 10.6 Å². The second-order valence-electron chi connectivity index (χ2n) is 11.3. The van der Waals surface area contributed by atoms with Crippen LogP contribution in [-0.4, -0.2) is 84.8 Å². The first-order valence-electron chi connectivity index (χ1n) is 16.1. The molecule has 0 fully saturated rings. The van der Waals surface area contributed by atoms with Crippen molar-refractivity contribution in [3.63, 3.8) is 0 Å². The molecule has 5 amide bonds. The van der Waals surface area contributed by atoms with Crippen molar-refractivity contribution in [3.05, 3.63) is 103 Å². The molecular formula is C38H41N5O9. The van der Waals surface area contributed by atoms with Gasteiger partial charge in [0.05, 0.1) is 45.7 Å². The highest BCUT2D eigenvalue weighted by Crippen LogP contribution is 2.33. The summed E-state index contributed by atoms with van der Waals surface area (Å²) < 4.78 is 21.4. The molecule has 0 bridgehead atoms. The standard InChI is InChI=1S/C38H41N5O9/c1-41(28-14-7-6-8-15-28)35(45)24-43(34(44)23-39-38(48)40-27-13-11-12-26(20-27)21-37(47)51-5)30-16-9-10-17-33(30)52-25-36(46)42(2)31-22-29(49-3)18-19-32(31)50-4/h6-20,22H,21,23-25H2,1-5H3,(H2,39,40,48). The monoisotopic (exact) mass is 711 g/mol. The van der Waals surface area contributed by atoms with Crippen molar-refractivity contribution in [1.29, 1.82) is 0 Å². The fraction of sp³-hybridized carbons (Fsp3) is 0.237. The first kappa shape index (κ1) is 38.2. The number of para-hydroxylation sites is 3. The van der Waals surface area contributed by atoms with E-state index in [1.807, 2.05) is 6.07 Å². The molecule has 14 nitrogen and oxygen atoms in total. The number of methoxy groups -OCH3 is 3. The zero-order valence-electron chi connectivity index (χ0n) is 29.6. The maximum Gasteiger partial charge on any atom is 0.319 e. The molecule has 52 heavy (non-hydrogen) atoms. The Morgan fingerprint density at radius 2 is 1.40 bits per heavy atom. The van der Waals surface area contributed by atoms with Crippen LogP contribution in [0.1, 0.15) is 5.56 Å². The number of ether oxygens (including phenoxy) is 4. The maximum atomic E-state index is 13.8. The molecular weight excluding hydrogens is 670 g/mol. The maximum absolute atomic E-state index is 13.8. The number of carbonyl (C=O) groups is 5. The lowest BCUT2D eigenvalue weighted by atomic mass is 10.1. The normalized spacial score (nSPS) is 10.3. The summed E-state index contributed by atoms with van der Waals surface area (Å²) in [6.07, 6.45) is 0.0189. The Balaban J connectivity index is 1.53.